The van der Waals surface area contributed by atoms with Crippen LogP contribution >= 0.6 is 0 Å². The maximum absolute atomic E-state index is 12.4. The van der Waals surface area contributed by atoms with Crippen LogP contribution in [0.2, 0.25) is 0 Å². The Morgan fingerprint density at radius 1 is 1.04 bits per heavy atom. The first-order chi connectivity index (χ1) is 11.6. The third kappa shape index (κ3) is 2.79. The monoisotopic (exact) mass is 341 g/mol. The van der Waals surface area contributed by atoms with Gasteiger partial charge in [0.25, 0.3) is 0 Å². The van der Waals surface area contributed by atoms with Gasteiger partial charge in [0, 0.05) is 29.0 Å². The minimum atomic E-state index is -3.53. The highest BCUT2D eigenvalue weighted by molar-refractivity contribution is 7.88. The Balaban J connectivity index is 1.53. The van der Waals surface area contributed by atoms with Gasteiger partial charge in [0.15, 0.2) is 5.58 Å². The van der Waals surface area contributed by atoms with E-state index in [1.54, 1.807) is 12.1 Å². The van der Waals surface area contributed by atoms with E-state index in [1.807, 2.05) is 42.6 Å². The van der Waals surface area contributed by atoms with Crippen molar-refractivity contribution < 1.29 is 12.9 Å². The molecule has 2 N–H and O–H groups in total. The van der Waals surface area contributed by atoms with Crippen LogP contribution in [0.25, 0.3) is 21.9 Å². The fourth-order valence-corrected chi connectivity index (χ4v) is 3.78. The lowest BCUT2D eigenvalue weighted by Gasteiger charge is -2.04. The smallest absolute Gasteiger partial charge is 0.217 e. The van der Waals surface area contributed by atoms with Crippen LogP contribution in [-0.4, -0.2) is 18.6 Å². The minimum absolute atomic E-state index is 0.216. The topological polar surface area (TPSA) is 88.0 Å². The maximum atomic E-state index is 12.4. The zero-order chi connectivity index (χ0) is 16.6. The van der Waals surface area contributed by atoms with Crippen LogP contribution < -0.4 is 4.72 Å². The lowest BCUT2D eigenvalue weighted by atomic mass is 10.2. The summed E-state index contributed by atoms with van der Waals surface area (Å²) in [7, 11) is -3.53. The molecule has 0 radical (unpaired) electrons. The van der Waals surface area contributed by atoms with Crippen molar-refractivity contribution >= 4 is 31.9 Å². The molecule has 0 bridgehead atoms. The summed E-state index contributed by atoms with van der Waals surface area (Å²) < 4.78 is 32.5. The molecule has 0 atom stereocenters. The number of para-hydroxylation sites is 2. The van der Waals surface area contributed by atoms with Crippen LogP contribution in [-0.2, 0) is 22.3 Å². The number of aromatic nitrogens is 2. The van der Waals surface area contributed by atoms with Crippen molar-refractivity contribution in [3.8, 4) is 0 Å². The fourth-order valence-electron chi connectivity index (χ4n) is 2.74. The van der Waals surface area contributed by atoms with E-state index in [-0.39, 0.29) is 12.3 Å². The average Bonchev–Trinajstić information content (AvgIpc) is 3.17. The summed E-state index contributed by atoms with van der Waals surface area (Å²) in [4.78, 5) is 3.13. The molecule has 7 heteroatoms. The van der Waals surface area contributed by atoms with Gasteiger partial charge in [-0.3, -0.25) is 0 Å². The molecule has 24 heavy (non-hydrogen) atoms. The van der Waals surface area contributed by atoms with Crippen LogP contribution in [0.5, 0.6) is 0 Å². The SMILES string of the molecule is O=S(=O)(Cc1noc2ccccc12)NCc1c[nH]c2ccccc12. The van der Waals surface area contributed by atoms with E-state index in [0.717, 1.165) is 21.9 Å². The lowest BCUT2D eigenvalue weighted by Crippen LogP contribution is -2.24. The number of rotatable bonds is 5. The van der Waals surface area contributed by atoms with Gasteiger partial charge in [0.2, 0.25) is 10.0 Å². The summed E-state index contributed by atoms with van der Waals surface area (Å²) in [6.07, 6.45) is 1.82. The van der Waals surface area contributed by atoms with Gasteiger partial charge in [-0.1, -0.05) is 35.5 Å². The Labute approximate surface area is 138 Å². The molecule has 0 amide bonds. The van der Waals surface area contributed by atoms with Gasteiger partial charge in [-0.2, -0.15) is 0 Å². The highest BCUT2D eigenvalue weighted by Gasteiger charge is 2.17. The molecule has 0 aliphatic heterocycles. The molecule has 0 unspecified atom stereocenters. The van der Waals surface area contributed by atoms with Crippen LogP contribution in [0.1, 0.15) is 11.3 Å². The second-order valence-electron chi connectivity index (χ2n) is 5.57. The second kappa shape index (κ2) is 5.77. The molecule has 2 aromatic heterocycles. The Kier molecular flexibility index (Phi) is 3.59. The molecule has 0 saturated heterocycles. The van der Waals surface area contributed by atoms with E-state index in [2.05, 4.69) is 14.9 Å². The molecule has 0 aliphatic carbocycles. The first-order valence-electron chi connectivity index (χ1n) is 7.48. The van der Waals surface area contributed by atoms with Crippen molar-refractivity contribution in [3.05, 3.63) is 66.0 Å². The lowest BCUT2D eigenvalue weighted by molar-refractivity contribution is 0.448. The number of fused-ring (bicyclic) bond motifs is 2. The molecule has 4 rings (SSSR count). The van der Waals surface area contributed by atoms with Crippen molar-refractivity contribution in [2.45, 2.75) is 12.3 Å². The summed E-state index contributed by atoms with van der Waals surface area (Å²) in [6.45, 7) is 0.224. The molecule has 2 heterocycles. The number of hydrogen-bond acceptors (Lipinski definition) is 4. The molecule has 6 nitrogen and oxygen atoms in total. The minimum Gasteiger partial charge on any atom is -0.361 e. The highest BCUT2D eigenvalue weighted by Crippen LogP contribution is 2.20. The highest BCUT2D eigenvalue weighted by atomic mass is 32.2. The van der Waals surface area contributed by atoms with Gasteiger partial charge < -0.3 is 9.51 Å². The normalized spacial score (nSPS) is 12.2. The molecule has 0 spiro atoms. The molecule has 0 fully saturated rings. The Hall–Kier alpha value is -2.64. The van der Waals surface area contributed by atoms with E-state index in [4.69, 9.17) is 4.52 Å². The number of benzene rings is 2. The van der Waals surface area contributed by atoms with Crippen LogP contribution in [0.3, 0.4) is 0 Å². The molecule has 4 aromatic rings. The largest absolute Gasteiger partial charge is 0.361 e. The van der Waals surface area contributed by atoms with Crippen molar-refractivity contribution in [2.24, 2.45) is 0 Å². The Morgan fingerprint density at radius 3 is 2.67 bits per heavy atom. The number of nitrogens with zero attached hydrogens (tertiary/aromatic N) is 1. The summed E-state index contributed by atoms with van der Waals surface area (Å²) in [5.41, 5.74) is 2.88. The fraction of sp³-hybridized carbons (Fsp3) is 0.118. The first kappa shape index (κ1) is 14.9. The number of aromatic amines is 1. The van der Waals surface area contributed by atoms with Gasteiger partial charge in [-0.15, -0.1) is 0 Å². The number of H-pyrrole nitrogens is 1. The second-order valence-corrected chi connectivity index (χ2v) is 7.37. The molecular formula is C17H15N3O3S. The molecule has 2 aromatic carbocycles. The van der Waals surface area contributed by atoms with Gasteiger partial charge in [-0.25, -0.2) is 13.1 Å². The van der Waals surface area contributed by atoms with Gasteiger partial charge >= 0.3 is 0 Å². The quantitative estimate of drug-likeness (QED) is 0.584. The number of hydrogen-bond donors (Lipinski definition) is 2. The Bertz CT molecular complexity index is 1110. The van der Waals surface area contributed by atoms with E-state index < -0.39 is 10.0 Å². The average molecular weight is 341 g/mol. The third-order valence-electron chi connectivity index (χ3n) is 3.94. The Morgan fingerprint density at radius 2 is 1.79 bits per heavy atom. The summed E-state index contributed by atoms with van der Waals surface area (Å²) in [5, 5.41) is 5.60. The molecule has 122 valence electrons. The van der Waals surface area contributed by atoms with Crippen molar-refractivity contribution in [1.82, 2.24) is 14.9 Å². The van der Waals surface area contributed by atoms with Gasteiger partial charge in [0.05, 0.1) is 0 Å². The van der Waals surface area contributed by atoms with E-state index >= 15 is 0 Å². The summed E-state index contributed by atoms with van der Waals surface area (Å²) in [5.74, 6) is -0.216. The predicted molar refractivity (Wildman–Crippen MR) is 91.8 cm³/mol. The van der Waals surface area contributed by atoms with Crippen molar-refractivity contribution in [2.75, 3.05) is 0 Å². The van der Waals surface area contributed by atoms with E-state index in [9.17, 15) is 8.42 Å². The van der Waals surface area contributed by atoms with Crippen LogP contribution in [0.15, 0.2) is 59.3 Å². The maximum Gasteiger partial charge on any atom is 0.217 e. The van der Waals surface area contributed by atoms with E-state index in [1.165, 1.54) is 0 Å². The predicted octanol–water partition coefficient (Wildman–Crippen LogP) is 2.93. The van der Waals surface area contributed by atoms with Crippen LogP contribution in [0, 0.1) is 0 Å². The van der Waals surface area contributed by atoms with Gasteiger partial charge in [0.1, 0.15) is 11.4 Å². The first-order valence-corrected chi connectivity index (χ1v) is 9.13. The standard InChI is InChI=1S/C17H15N3O3S/c21-24(22,11-16-14-6-2-4-8-17(14)23-20-16)19-10-12-9-18-15-7-3-1-5-13(12)15/h1-9,18-19H,10-11H2. The van der Waals surface area contributed by atoms with Gasteiger partial charge in [-0.05, 0) is 23.8 Å². The number of nitrogens with one attached hydrogen (secondary N) is 2. The molecule has 0 aliphatic rings. The molecule has 0 saturated carbocycles. The zero-order valence-corrected chi connectivity index (χ0v) is 13.5. The molecular weight excluding hydrogens is 326 g/mol. The van der Waals surface area contributed by atoms with Crippen LogP contribution in [0.4, 0.5) is 0 Å². The van der Waals surface area contributed by atoms with Crippen molar-refractivity contribution in [1.29, 1.82) is 0 Å². The summed E-state index contributed by atoms with van der Waals surface area (Å²) >= 11 is 0. The van der Waals surface area contributed by atoms with E-state index in [0.29, 0.717) is 11.3 Å². The third-order valence-corrected chi connectivity index (χ3v) is 5.17. The van der Waals surface area contributed by atoms with Crippen molar-refractivity contribution in [3.63, 3.8) is 0 Å². The summed E-state index contributed by atoms with van der Waals surface area (Å²) in [6, 6.07) is 15.0. The number of sulfonamides is 1. The zero-order valence-electron chi connectivity index (χ0n) is 12.7.